The van der Waals surface area contributed by atoms with Crippen molar-refractivity contribution < 1.29 is 13.9 Å². The van der Waals surface area contributed by atoms with Crippen molar-refractivity contribution in [1.82, 2.24) is 19.6 Å². The maximum absolute atomic E-state index is 12.1. The molecular formula is C19H16N4O3. The Morgan fingerprint density at radius 3 is 2.73 bits per heavy atom. The van der Waals surface area contributed by atoms with Gasteiger partial charge >= 0.3 is 5.97 Å². The monoisotopic (exact) mass is 348 g/mol. The van der Waals surface area contributed by atoms with Gasteiger partial charge in [-0.3, -0.25) is 4.68 Å². The molecule has 0 N–H and O–H groups in total. The maximum atomic E-state index is 12.1. The summed E-state index contributed by atoms with van der Waals surface area (Å²) in [5.74, 6) is 0.273. The molecule has 0 bridgehead atoms. The van der Waals surface area contributed by atoms with Crippen LogP contribution >= 0.6 is 0 Å². The molecule has 0 aliphatic rings. The zero-order valence-corrected chi connectivity index (χ0v) is 13.9. The van der Waals surface area contributed by atoms with Gasteiger partial charge in [0.1, 0.15) is 18.1 Å². The molecule has 0 atom stereocenters. The van der Waals surface area contributed by atoms with Gasteiger partial charge < -0.3 is 9.15 Å². The lowest BCUT2D eigenvalue weighted by molar-refractivity contribution is 0.0428. The van der Waals surface area contributed by atoms with Gasteiger partial charge in [-0.2, -0.15) is 10.2 Å². The standard InChI is InChI=1S/C19H16N4O3/c24-19(18-8-7-17(26-18)13-22-11-4-10-20-22)25-14-15-9-12-23(21-15)16-5-2-1-3-6-16/h1-12H,13-14H2. The molecule has 7 nitrogen and oxygen atoms in total. The Morgan fingerprint density at radius 1 is 1.04 bits per heavy atom. The number of carbonyl (C=O) groups is 1. The van der Waals surface area contributed by atoms with Gasteiger partial charge in [-0.15, -0.1) is 0 Å². The highest BCUT2D eigenvalue weighted by Gasteiger charge is 2.14. The van der Waals surface area contributed by atoms with Crippen LogP contribution in [-0.4, -0.2) is 25.5 Å². The number of ether oxygens (including phenoxy) is 1. The number of rotatable bonds is 6. The number of hydrogen-bond acceptors (Lipinski definition) is 5. The first-order valence-electron chi connectivity index (χ1n) is 8.11. The summed E-state index contributed by atoms with van der Waals surface area (Å²) in [6, 6.07) is 16.7. The fraction of sp³-hybridized carbons (Fsp3) is 0.105. The van der Waals surface area contributed by atoms with Crippen molar-refractivity contribution >= 4 is 5.97 Å². The number of carbonyl (C=O) groups excluding carboxylic acids is 1. The van der Waals surface area contributed by atoms with Gasteiger partial charge in [0, 0.05) is 18.6 Å². The highest BCUT2D eigenvalue weighted by molar-refractivity contribution is 5.86. The molecular weight excluding hydrogens is 332 g/mol. The van der Waals surface area contributed by atoms with E-state index in [1.54, 1.807) is 27.7 Å². The van der Waals surface area contributed by atoms with Crippen molar-refractivity contribution in [3.05, 3.63) is 90.4 Å². The van der Waals surface area contributed by atoms with Crippen molar-refractivity contribution in [2.45, 2.75) is 13.2 Å². The molecule has 3 heterocycles. The quantitative estimate of drug-likeness (QED) is 0.501. The second kappa shape index (κ2) is 7.10. The predicted molar refractivity (Wildman–Crippen MR) is 92.7 cm³/mol. The molecule has 0 radical (unpaired) electrons. The van der Waals surface area contributed by atoms with Gasteiger partial charge in [0.2, 0.25) is 5.76 Å². The van der Waals surface area contributed by atoms with E-state index >= 15 is 0 Å². The van der Waals surface area contributed by atoms with Gasteiger partial charge in [-0.25, -0.2) is 9.48 Å². The molecule has 4 rings (SSSR count). The number of furan rings is 1. The summed E-state index contributed by atoms with van der Waals surface area (Å²) in [4.78, 5) is 12.1. The van der Waals surface area contributed by atoms with E-state index in [1.807, 2.05) is 54.9 Å². The van der Waals surface area contributed by atoms with Gasteiger partial charge in [0.25, 0.3) is 0 Å². The highest BCUT2D eigenvalue weighted by atomic mass is 16.5. The molecule has 0 aliphatic carbocycles. The van der Waals surface area contributed by atoms with Crippen LogP contribution in [0.1, 0.15) is 22.0 Å². The minimum absolute atomic E-state index is 0.0772. The van der Waals surface area contributed by atoms with E-state index in [0.29, 0.717) is 18.0 Å². The maximum Gasteiger partial charge on any atom is 0.374 e. The van der Waals surface area contributed by atoms with Crippen LogP contribution in [0.4, 0.5) is 0 Å². The van der Waals surface area contributed by atoms with Crippen LogP contribution in [0.2, 0.25) is 0 Å². The van der Waals surface area contributed by atoms with Crippen LogP contribution in [0.25, 0.3) is 5.69 Å². The van der Waals surface area contributed by atoms with Crippen molar-refractivity contribution in [2.24, 2.45) is 0 Å². The van der Waals surface area contributed by atoms with E-state index in [9.17, 15) is 4.79 Å². The lowest BCUT2D eigenvalue weighted by Crippen LogP contribution is -2.05. The molecule has 0 spiro atoms. The largest absolute Gasteiger partial charge is 0.453 e. The summed E-state index contributed by atoms with van der Waals surface area (Å²) in [5, 5.41) is 8.50. The van der Waals surface area contributed by atoms with Crippen LogP contribution in [0.3, 0.4) is 0 Å². The third kappa shape index (κ3) is 3.56. The van der Waals surface area contributed by atoms with Crippen molar-refractivity contribution in [3.63, 3.8) is 0 Å². The van der Waals surface area contributed by atoms with Crippen LogP contribution in [-0.2, 0) is 17.9 Å². The van der Waals surface area contributed by atoms with Gasteiger partial charge in [-0.1, -0.05) is 18.2 Å². The Labute approximate surface area is 149 Å². The van der Waals surface area contributed by atoms with E-state index in [2.05, 4.69) is 10.2 Å². The first kappa shape index (κ1) is 15.9. The number of hydrogen-bond donors (Lipinski definition) is 0. The molecule has 0 saturated heterocycles. The molecule has 26 heavy (non-hydrogen) atoms. The molecule has 0 unspecified atom stereocenters. The van der Waals surface area contributed by atoms with Crippen LogP contribution in [0.15, 0.2) is 77.6 Å². The average Bonchev–Trinajstić information content (AvgIpc) is 3.43. The first-order chi connectivity index (χ1) is 12.8. The lowest BCUT2D eigenvalue weighted by atomic mass is 10.3. The number of aromatic nitrogens is 4. The zero-order chi connectivity index (χ0) is 17.8. The summed E-state index contributed by atoms with van der Waals surface area (Å²) < 4.78 is 14.2. The Hall–Kier alpha value is -3.61. The van der Waals surface area contributed by atoms with E-state index in [-0.39, 0.29) is 12.4 Å². The fourth-order valence-corrected chi connectivity index (χ4v) is 2.50. The normalized spacial score (nSPS) is 10.8. The third-order valence-corrected chi connectivity index (χ3v) is 3.76. The molecule has 0 amide bonds. The molecule has 0 saturated carbocycles. The number of benzene rings is 1. The SMILES string of the molecule is O=C(OCc1ccn(-c2ccccc2)n1)c1ccc(Cn2cccn2)o1. The molecule has 7 heteroatoms. The molecule has 3 aromatic heterocycles. The van der Waals surface area contributed by atoms with Crippen molar-refractivity contribution in [3.8, 4) is 5.69 Å². The average molecular weight is 348 g/mol. The highest BCUT2D eigenvalue weighted by Crippen LogP contribution is 2.12. The minimum Gasteiger partial charge on any atom is -0.453 e. The van der Waals surface area contributed by atoms with Gasteiger partial charge in [0.05, 0.1) is 12.2 Å². The topological polar surface area (TPSA) is 75.1 Å². The molecule has 1 aromatic carbocycles. The number of para-hydroxylation sites is 1. The van der Waals surface area contributed by atoms with E-state index in [1.165, 1.54) is 0 Å². The molecule has 0 aliphatic heterocycles. The van der Waals surface area contributed by atoms with Crippen molar-refractivity contribution in [2.75, 3.05) is 0 Å². The molecule has 130 valence electrons. The van der Waals surface area contributed by atoms with Crippen LogP contribution in [0, 0.1) is 0 Å². The zero-order valence-electron chi connectivity index (χ0n) is 13.9. The second-order valence-electron chi connectivity index (χ2n) is 5.63. The summed E-state index contributed by atoms with van der Waals surface area (Å²) >= 11 is 0. The Bertz CT molecular complexity index is 987. The third-order valence-electron chi connectivity index (χ3n) is 3.76. The first-order valence-corrected chi connectivity index (χ1v) is 8.11. The number of nitrogens with zero attached hydrogens (tertiary/aromatic N) is 4. The molecule has 4 aromatic rings. The van der Waals surface area contributed by atoms with Crippen molar-refractivity contribution in [1.29, 1.82) is 0 Å². The molecule has 0 fully saturated rings. The summed E-state index contributed by atoms with van der Waals surface area (Å²) in [5.41, 5.74) is 1.60. The van der Waals surface area contributed by atoms with E-state index in [4.69, 9.17) is 9.15 Å². The van der Waals surface area contributed by atoms with Crippen LogP contribution in [0.5, 0.6) is 0 Å². The second-order valence-corrected chi connectivity index (χ2v) is 5.63. The Morgan fingerprint density at radius 2 is 1.92 bits per heavy atom. The van der Waals surface area contributed by atoms with Crippen LogP contribution < -0.4 is 0 Å². The predicted octanol–water partition coefficient (Wildman–Crippen LogP) is 3.07. The van der Waals surface area contributed by atoms with Gasteiger partial charge in [-0.05, 0) is 36.4 Å². The number of esters is 1. The van der Waals surface area contributed by atoms with Gasteiger partial charge in [0.15, 0.2) is 0 Å². The Kier molecular flexibility index (Phi) is 4.34. The fourth-order valence-electron chi connectivity index (χ4n) is 2.50. The van der Waals surface area contributed by atoms with E-state index < -0.39 is 5.97 Å². The lowest BCUT2D eigenvalue weighted by Gasteiger charge is -2.02. The Balaban J connectivity index is 1.36. The van der Waals surface area contributed by atoms with E-state index in [0.717, 1.165) is 5.69 Å². The smallest absolute Gasteiger partial charge is 0.374 e. The minimum atomic E-state index is -0.522. The summed E-state index contributed by atoms with van der Waals surface area (Å²) in [7, 11) is 0. The summed E-state index contributed by atoms with van der Waals surface area (Å²) in [6.07, 6.45) is 5.34. The summed E-state index contributed by atoms with van der Waals surface area (Å²) in [6.45, 7) is 0.537.